The highest BCUT2D eigenvalue weighted by molar-refractivity contribution is 5.75. The predicted molar refractivity (Wildman–Crippen MR) is 80.1 cm³/mol. The maximum absolute atomic E-state index is 12.0. The molecule has 1 aromatic heterocycles. The first-order valence-electron chi connectivity index (χ1n) is 6.92. The summed E-state index contributed by atoms with van der Waals surface area (Å²) in [4.78, 5) is 17.9. The highest BCUT2D eigenvalue weighted by Crippen LogP contribution is 2.07. The molecule has 20 heavy (non-hydrogen) atoms. The van der Waals surface area contributed by atoms with Gasteiger partial charge in [0.1, 0.15) is 0 Å². The van der Waals surface area contributed by atoms with Gasteiger partial charge in [-0.1, -0.05) is 36.4 Å². The van der Waals surface area contributed by atoms with Crippen LogP contribution in [-0.4, -0.2) is 22.8 Å². The van der Waals surface area contributed by atoms with Crippen molar-refractivity contribution >= 4 is 5.91 Å². The Morgan fingerprint density at radius 1 is 1.10 bits per heavy atom. The van der Waals surface area contributed by atoms with E-state index in [1.165, 1.54) is 5.56 Å². The smallest absolute Gasteiger partial charge is 0.222 e. The fourth-order valence-electron chi connectivity index (χ4n) is 2.13. The van der Waals surface area contributed by atoms with Crippen molar-refractivity contribution in [1.29, 1.82) is 0 Å². The molecular formula is C17H20N2O. The van der Waals surface area contributed by atoms with E-state index in [-0.39, 0.29) is 5.91 Å². The highest BCUT2D eigenvalue weighted by atomic mass is 16.2. The first-order chi connectivity index (χ1) is 9.75. The number of pyridine rings is 1. The quantitative estimate of drug-likeness (QED) is 0.806. The number of hydrogen-bond acceptors (Lipinski definition) is 2. The molecule has 0 aliphatic carbocycles. The molecule has 0 fully saturated rings. The van der Waals surface area contributed by atoms with Crippen LogP contribution in [0.5, 0.6) is 0 Å². The van der Waals surface area contributed by atoms with E-state index in [2.05, 4.69) is 17.1 Å². The van der Waals surface area contributed by atoms with Gasteiger partial charge in [0.25, 0.3) is 0 Å². The van der Waals surface area contributed by atoms with Gasteiger partial charge in [0.15, 0.2) is 0 Å². The Hall–Kier alpha value is -2.16. The van der Waals surface area contributed by atoms with Crippen molar-refractivity contribution in [2.24, 2.45) is 0 Å². The van der Waals surface area contributed by atoms with Crippen molar-refractivity contribution in [2.75, 3.05) is 7.05 Å². The van der Waals surface area contributed by atoms with Crippen LogP contribution in [0.15, 0.2) is 54.9 Å². The lowest BCUT2D eigenvalue weighted by atomic mass is 10.1. The zero-order valence-corrected chi connectivity index (χ0v) is 11.8. The van der Waals surface area contributed by atoms with Crippen LogP contribution in [0.4, 0.5) is 0 Å². The number of rotatable bonds is 6. The molecule has 2 rings (SSSR count). The summed E-state index contributed by atoms with van der Waals surface area (Å²) in [5.41, 5.74) is 2.35. The predicted octanol–water partition coefficient (Wildman–Crippen LogP) is 3.06. The molecule has 0 spiro atoms. The van der Waals surface area contributed by atoms with Crippen molar-refractivity contribution in [3.05, 3.63) is 66.0 Å². The Kier molecular flexibility index (Phi) is 5.30. The Morgan fingerprint density at radius 3 is 2.55 bits per heavy atom. The number of benzene rings is 1. The lowest BCUT2D eigenvalue weighted by Crippen LogP contribution is -2.26. The standard InChI is InChI=1S/C17H20N2O/c1-19(14-16-10-6-12-18-13-16)17(20)11-5-9-15-7-3-2-4-8-15/h2-4,6-8,10,12-13H,5,9,11,14H2,1H3. The molecule has 0 N–H and O–H groups in total. The molecule has 3 nitrogen and oxygen atoms in total. The third-order valence-electron chi connectivity index (χ3n) is 3.27. The summed E-state index contributed by atoms with van der Waals surface area (Å²) >= 11 is 0. The summed E-state index contributed by atoms with van der Waals surface area (Å²) in [5, 5.41) is 0. The molecule has 1 heterocycles. The lowest BCUT2D eigenvalue weighted by Gasteiger charge is -2.17. The Labute approximate surface area is 120 Å². The van der Waals surface area contributed by atoms with Crippen molar-refractivity contribution in [1.82, 2.24) is 9.88 Å². The molecule has 2 aromatic rings. The molecule has 0 unspecified atom stereocenters. The summed E-state index contributed by atoms with van der Waals surface area (Å²) in [6.45, 7) is 0.623. The monoisotopic (exact) mass is 268 g/mol. The highest BCUT2D eigenvalue weighted by Gasteiger charge is 2.08. The minimum absolute atomic E-state index is 0.185. The van der Waals surface area contributed by atoms with Crippen LogP contribution in [0, 0.1) is 0 Å². The van der Waals surface area contributed by atoms with Crippen LogP contribution in [-0.2, 0) is 17.8 Å². The number of aryl methyl sites for hydroxylation is 1. The number of hydrogen-bond donors (Lipinski definition) is 0. The normalized spacial score (nSPS) is 10.2. The van der Waals surface area contributed by atoms with Crippen LogP contribution >= 0.6 is 0 Å². The summed E-state index contributed by atoms with van der Waals surface area (Å²) < 4.78 is 0. The number of carbonyl (C=O) groups excluding carboxylic acids is 1. The van der Waals surface area contributed by atoms with Crippen molar-refractivity contribution in [3.8, 4) is 0 Å². The number of amides is 1. The van der Waals surface area contributed by atoms with Gasteiger partial charge in [0, 0.05) is 32.4 Å². The van der Waals surface area contributed by atoms with Gasteiger partial charge in [-0.3, -0.25) is 9.78 Å². The Bertz CT molecular complexity index is 525. The van der Waals surface area contributed by atoms with Gasteiger partial charge in [-0.2, -0.15) is 0 Å². The average Bonchev–Trinajstić information content (AvgIpc) is 2.49. The van der Waals surface area contributed by atoms with Gasteiger partial charge >= 0.3 is 0 Å². The van der Waals surface area contributed by atoms with Gasteiger partial charge in [-0.05, 0) is 30.0 Å². The summed E-state index contributed by atoms with van der Waals surface area (Å²) in [5.74, 6) is 0.185. The van der Waals surface area contributed by atoms with E-state index in [0.717, 1.165) is 18.4 Å². The molecule has 0 atom stereocenters. The average molecular weight is 268 g/mol. The molecule has 0 aliphatic rings. The van der Waals surface area contributed by atoms with E-state index in [0.29, 0.717) is 13.0 Å². The van der Waals surface area contributed by atoms with Crippen LogP contribution in [0.3, 0.4) is 0 Å². The van der Waals surface area contributed by atoms with Gasteiger partial charge < -0.3 is 4.90 Å². The van der Waals surface area contributed by atoms with Crippen LogP contribution in [0.25, 0.3) is 0 Å². The van der Waals surface area contributed by atoms with E-state index >= 15 is 0 Å². The van der Waals surface area contributed by atoms with Crippen LogP contribution < -0.4 is 0 Å². The van der Waals surface area contributed by atoms with E-state index in [4.69, 9.17) is 0 Å². The van der Waals surface area contributed by atoms with Crippen molar-refractivity contribution in [3.63, 3.8) is 0 Å². The molecule has 3 heteroatoms. The summed E-state index contributed by atoms with van der Waals surface area (Å²) in [6.07, 6.45) is 5.97. The molecule has 1 aromatic carbocycles. The second-order valence-electron chi connectivity index (χ2n) is 4.95. The molecule has 0 saturated carbocycles. The zero-order valence-electron chi connectivity index (χ0n) is 11.8. The maximum Gasteiger partial charge on any atom is 0.222 e. The molecule has 0 aliphatic heterocycles. The first-order valence-corrected chi connectivity index (χ1v) is 6.92. The number of aromatic nitrogens is 1. The SMILES string of the molecule is CN(Cc1cccnc1)C(=O)CCCc1ccccc1. The molecule has 0 radical (unpaired) electrons. The van der Waals surface area contributed by atoms with Crippen molar-refractivity contribution < 1.29 is 4.79 Å². The maximum atomic E-state index is 12.0. The third-order valence-corrected chi connectivity index (χ3v) is 3.27. The molecule has 1 amide bonds. The summed E-state index contributed by atoms with van der Waals surface area (Å²) in [6, 6.07) is 14.2. The van der Waals surface area contributed by atoms with Crippen LogP contribution in [0.1, 0.15) is 24.0 Å². The fourth-order valence-corrected chi connectivity index (χ4v) is 2.13. The minimum Gasteiger partial charge on any atom is -0.341 e. The topological polar surface area (TPSA) is 33.2 Å². The van der Waals surface area contributed by atoms with Crippen molar-refractivity contribution in [2.45, 2.75) is 25.8 Å². The second kappa shape index (κ2) is 7.43. The van der Waals surface area contributed by atoms with Gasteiger partial charge in [0.05, 0.1) is 0 Å². The van der Waals surface area contributed by atoms with E-state index in [9.17, 15) is 4.79 Å². The number of nitrogens with zero attached hydrogens (tertiary/aromatic N) is 2. The third kappa shape index (κ3) is 4.50. The molecule has 0 bridgehead atoms. The largest absolute Gasteiger partial charge is 0.341 e. The summed E-state index contributed by atoms with van der Waals surface area (Å²) in [7, 11) is 1.85. The minimum atomic E-state index is 0.185. The van der Waals surface area contributed by atoms with Gasteiger partial charge in [-0.25, -0.2) is 0 Å². The Morgan fingerprint density at radius 2 is 1.85 bits per heavy atom. The number of carbonyl (C=O) groups is 1. The fraction of sp³-hybridized carbons (Fsp3) is 0.294. The van der Waals surface area contributed by atoms with E-state index < -0.39 is 0 Å². The zero-order chi connectivity index (χ0) is 14.2. The van der Waals surface area contributed by atoms with Crippen LogP contribution in [0.2, 0.25) is 0 Å². The molecular weight excluding hydrogens is 248 g/mol. The lowest BCUT2D eigenvalue weighted by molar-refractivity contribution is -0.130. The van der Waals surface area contributed by atoms with Gasteiger partial charge in [0.2, 0.25) is 5.91 Å². The second-order valence-corrected chi connectivity index (χ2v) is 4.95. The Balaban J connectivity index is 1.74. The first kappa shape index (κ1) is 14.3. The van der Waals surface area contributed by atoms with Gasteiger partial charge in [-0.15, -0.1) is 0 Å². The molecule has 104 valence electrons. The molecule has 0 saturated heterocycles. The van der Waals surface area contributed by atoms with E-state index in [1.54, 1.807) is 17.3 Å². The van der Waals surface area contributed by atoms with E-state index in [1.807, 2.05) is 37.4 Å².